The predicted octanol–water partition coefficient (Wildman–Crippen LogP) is 1.75. The van der Waals surface area contributed by atoms with Gasteiger partial charge >= 0.3 is 0 Å². The van der Waals surface area contributed by atoms with E-state index in [1.807, 2.05) is 19.2 Å². The average Bonchev–Trinajstić information content (AvgIpc) is 2.41. The van der Waals surface area contributed by atoms with E-state index >= 15 is 0 Å². The first-order valence-electron chi connectivity index (χ1n) is 6.11. The lowest BCUT2D eigenvalue weighted by atomic mass is 10.1. The second-order valence-corrected chi connectivity index (χ2v) is 4.43. The first-order valence-corrected chi connectivity index (χ1v) is 6.11. The maximum Gasteiger partial charge on any atom is 0.123 e. The standard InChI is InChI=1S/C14H17FN4/c1-19(9-11-3-2-4-12(15)7-11)14(8-16)13-5-6-17-10-18-13/h2-7,10,14H,8-9,16H2,1H3. The number of nitrogens with zero attached hydrogens (tertiary/aromatic N) is 3. The number of halogens is 1. The van der Waals surface area contributed by atoms with Gasteiger partial charge in [0, 0.05) is 19.3 Å². The SMILES string of the molecule is CN(Cc1cccc(F)c1)C(CN)c1ccncn1. The summed E-state index contributed by atoms with van der Waals surface area (Å²) in [7, 11) is 1.95. The Balaban J connectivity index is 2.11. The van der Waals surface area contributed by atoms with Crippen LogP contribution in [0.15, 0.2) is 42.9 Å². The first kappa shape index (κ1) is 13.6. The van der Waals surface area contributed by atoms with E-state index in [-0.39, 0.29) is 11.9 Å². The van der Waals surface area contributed by atoms with E-state index in [1.54, 1.807) is 12.3 Å². The van der Waals surface area contributed by atoms with Crippen molar-refractivity contribution in [1.82, 2.24) is 14.9 Å². The molecule has 0 saturated carbocycles. The molecule has 1 aromatic heterocycles. The van der Waals surface area contributed by atoms with Gasteiger partial charge in [0.1, 0.15) is 12.1 Å². The molecule has 2 N–H and O–H groups in total. The maximum absolute atomic E-state index is 13.2. The van der Waals surface area contributed by atoms with Crippen LogP contribution < -0.4 is 5.73 Å². The molecule has 1 atom stereocenters. The molecule has 0 amide bonds. The van der Waals surface area contributed by atoms with Gasteiger partial charge in [-0.25, -0.2) is 14.4 Å². The Bertz CT molecular complexity index is 518. The molecule has 0 saturated heterocycles. The molecule has 0 bridgehead atoms. The van der Waals surface area contributed by atoms with Crippen molar-refractivity contribution in [2.45, 2.75) is 12.6 Å². The molecule has 2 aromatic rings. The molecule has 19 heavy (non-hydrogen) atoms. The molecule has 0 fully saturated rings. The van der Waals surface area contributed by atoms with Crippen molar-refractivity contribution in [3.8, 4) is 0 Å². The number of benzene rings is 1. The topological polar surface area (TPSA) is 55.0 Å². The Labute approximate surface area is 112 Å². The van der Waals surface area contributed by atoms with Crippen LogP contribution in [0.3, 0.4) is 0 Å². The van der Waals surface area contributed by atoms with Crippen molar-refractivity contribution in [3.05, 3.63) is 59.9 Å². The highest BCUT2D eigenvalue weighted by atomic mass is 19.1. The lowest BCUT2D eigenvalue weighted by molar-refractivity contribution is 0.237. The fraction of sp³-hybridized carbons (Fsp3) is 0.286. The summed E-state index contributed by atoms with van der Waals surface area (Å²) in [4.78, 5) is 10.2. The molecule has 0 aliphatic carbocycles. The van der Waals surface area contributed by atoms with Crippen LogP contribution in [-0.2, 0) is 6.54 Å². The second kappa shape index (κ2) is 6.36. The minimum absolute atomic E-state index is 0.00809. The Kier molecular flexibility index (Phi) is 4.54. The van der Waals surface area contributed by atoms with Gasteiger partial charge in [0.2, 0.25) is 0 Å². The molecule has 2 rings (SSSR count). The lowest BCUT2D eigenvalue weighted by Crippen LogP contribution is -2.30. The lowest BCUT2D eigenvalue weighted by Gasteiger charge is -2.26. The highest BCUT2D eigenvalue weighted by Gasteiger charge is 2.16. The Hall–Kier alpha value is -1.85. The summed E-state index contributed by atoms with van der Waals surface area (Å²) in [6, 6.07) is 8.41. The van der Waals surface area contributed by atoms with Crippen LogP contribution in [0.5, 0.6) is 0 Å². The van der Waals surface area contributed by atoms with Crippen LogP contribution in [0.25, 0.3) is 0 Å². The summed E-state index contributed by atoms with van der Waals surface area (Å²) in [5, 5.41) is 0. The highest BCUT2D eigenvalue weighted by Crippen LogP contribution is 2.18. The molecule has 100 valence electrons. The highest BCUT2D eigenvalue weighted by molar-refractivity contribution is 5.17. The largest absolute Gasteiger partial charge is 0.329 e. The van der Waals surface area contributed by atoms with Crippen molar-refractivity contribution >= 4 is 0 Å². The third kappa shape index (κ3) is 3.56. The summed E-state index contributed by atoms with van der Waals surface area (Å²) in [5.41, 5.74) is 7.60. The zero-order chi connectivity index (χ0) is 13.7. The maximum atomic E-state index is 13.2. The van der Waals surface area contributed by atoms with Gasteiger partial charge in [0.15, 0.2) is 0 Å². The smallest absolute Gasteiger partial charge is 0.123 e. The minimum Gasteiger partial charge on any atom is -0.329 e. The molecule has 0 spiro atoms. The summed E-state index contributed by atoms with van der Waals surface area (Å²) < 4.78 is 13.2. The second-order valence-electron chi connectivity index (χ2n) is 4.43. The van der Waals surface area contributed by atoms with Gasteiger partial charge in [-0.2, -0.15) is 0 Å². The number of nitrogens with two attached hydrogens (primary N) is 1. The van der Waals surface area contributed by atoms with Crippen LogP contribution in [0.1, 0.15) is 17.3 Å². The first-order chi connectivity index (χ1) is 9.20. The molecule has 0 radical (unpaired) electrons. The number of likely N-dealkylation sites (N-methyl/N-ethyl adjacent to an activating group) is 1. The van der Waals surface area contributed by atoms with E-state index < -0.39 is 0 Å². The van der Waals surface area contributed by atoms with Gasteiger partial charge in [-0.05, 0) is 30.8 Å². The van der Waals surface area contributed by atoms with Gasteiger partial charge in [-0.3, -0.25) is 4.90 Å². The van der Waals surface area contributed by atoms with E-state index in [0.717, 1.165) is 11.3 Å². The molecule has 0 aliphatic heterocycles. The number of hydrogen-bond donors (Lipinski definition) is 1. The number of rotatable bonds is 5. The van der Waals surface area contributed by atoms with Gasteiger partial charge in [-0.1, -0.05) is 12.1 Å². The molecular weight excluding hydrogens is 243 g/mol. The van der Waals surface area contributed by atoms with Crippen molar-refractivity contribution in [1.29, 1.82) is 0 Å². The van der Waals surface area contributed by atoms with Crippen LogP contribution >= 0.6 is 0 Å². The van der Waals surface area contributed by atoms with E-state index in [4.69, 9.17) is 5.73 Å². The fourth-order valence-corrected chi connectivity index (χ4v) is 2.06. The van der Waals surface area contributed by atoms with Crippen LogP contribution in [-0.4, -0.2) is 28.5 Å². The summed E-state index contributed by atoms with van der Waals surface area (Å²) in [6.07, 6.45) is 3.20. The fourth-order valence-electron chi connectivity index (χ4n) is 2.06. The molecule has 1 unspecified atom stereocenters. The van der Waals surface area contributed by atoms with Gasteiger partial charge < -0.3 is 5.73 Å². The van der Waals surface area contributed by atoms with E-state index in [2.05, 4.69) is 14.9 Å². The molecule has 1 aromatic carbocycles. The van der Waals surface area contributed by atoms with Crippen molar-refractivity contribution < 1.29 is 4.39 Å². The Morgan fingerprint density at radius 2 is 2.21 bits per heavy atom. The van der Waals surface area contributed by atoms with E-state index in [9.17, 15) is 4.39 Å². The molecular formula is C14H17FN4. The number of aromatic nitrogens is 2. The van der Waals surface area contributed by atoms with Gasteiger partial charge in [-0.15, -0.1) is 0 Å². The third-order valence-corrected chi connectivity index (χ3v) is 3.02. The van der Waals surface area contributed by atoms with Crippen LogP contribution in [0, 0.1) is 5.82 Å². The number of hydrogen-bond acceptors (Lipinski definition) is 4. The Morgan fingerprint density at radius 1 is 1.37 bits per heavy atom. The predicted molar refractivity (Wildman–Crippen MR) is 71.7 cm³/mol. The van der Waals surface area contributed by atoms with Crippen molar-refractivity contribution in [2.24, 2.45) is 5.73 Å². The summed E-state index contributed by atoms with van der Waals surface area (Å²) in [6.45, 7) is 1.06. The van der Waals surface area contributed by atoms with Crippen molar-refractivity contribution in [3.63, 3.8) is 0 Å². The minimum atomic E-state index is -0.225. The Morgan fingerprint density at radius 3 is 2.84 bits per heavy atom. The zero-order valence-corrected chi connectivity index (χ0v) is 10.8. The van der Waals surface area contributed by atoms with E-state index in [0.29, 0.717) is 13.1 Å². The monoisotopic (exact) mass is 260 g/mol. The summed E-state index contributed by atoms with van der Waals surface area (Å²) >= 11 is 0. The normalized spacial score (nSPS) is 12.6. The van der Waals surface area contributed by atoms with E-state index in [1.165, 1.54) is 18.5 Å². The summed E-state index contributed by atoms with van der Waals surface area (Å²) in [5.74, 6) is -0.225. The quantitative estimate of drug-likeness (QED) is 0.889. The molecule has 0 aliphatic rings. The molecule has 1 heterocycles. The molecule has 5 heteroatoms. The molecule has 4 nitrogen and oxygen atoms in total. The van der Waals surface area contributed by atoms with Crippen LogP contribution in [0.2, 0.25) is 0 Å². The van der Waals surface area contributed by atoms with Crippen LogP contribution in [0.4, 0.5) is 4.39 Å². The van der Waals surface area contributed by atoms with Gasteiger partial charge in [0.05, 0.1) is 11.7 Å². The third-order valence-electron chi connectivity index (χ3n) is 3.02. The van der Waals surface area contributed by atoms with Crippen molar-refractivity contribution in [2.75, 3.05) is 13.6 Å². The average molecular weight is 260 g/mol. The zero-order valence-electron chi connectivity index (χ0n) is 10.8. The van der Waals surface area contributed by atoms with Gasteiger partial charge in [0.25, 0.3) is 0 Å².